The lowest BCUT2D eigenvalue weighted by Crippen LogP contribution is -2.50. The molecule has 2 amide bonds. The first kappa shape index (κ1) is 19.4. The second-order valence-electron chi connectivity index (χ2n) is 6.57. The van der Waals surface area contributed by atoms with Crippen LogP contribution in [0, 0.1) is 6.92 Å². The van der Waals surface area contributed by atoms with Gasteiger partial charge in [0.1, 0.15) is 5.76 Å². The topological polar surface area (TPSA) is 78.7 Å². The van der Waals surface area contributed by atoms with E-state index in [1.54, 1.807) is 24.0 Å². The molecule has 0 saturated carbocycles. The first-order chi connectivity index (χ1) is 13.0. The van der Waals surface area contributed by atoms with E-state index in [2.05, 4.69) is 15.4 Å². The normalized spacial score (nSPS) is 15.0. The first-order valence-corrected chi connectivity index (χ1v) is 9.36. The van der Waals surface area contributed by atoms with Crippen LogP contribution in [-0.2, 0) is 11.2 Å². The van der Waals surface area contributed by atoms with Crippen LogP contribution in [0.15, 0.2) is 34.9 Å². The number of amides is 2. The summed E-state index contributed by atoms with van der Waals surface area (Å²) in [4.78, 5) is 28.4. The largest absolute Gasteiger partial charge is 0.361 e. The van der Waals surface area contributed by atoms with E-state index >= 15 is 0 Å². The quantitative estimate of drug-likeness (QED) is 0.813. The Morgan fingerprint density at radius 3 is 2.63 bits per heavy atom. The SMILES string of the molecule is Cc1cc(C(=O)N2CCN(CCNC(=O)Cc3ccccc3Cl)CC2)no1. The summed E-state index contributed by atoms with van der Waals surface area (Å²) in [5.41, 5.74) is 1.18. The molecule has 2 aromatic rings. The van der Waals surface area contributed by atoms with Crippen molar-refractivity contribution in [2.24, 2.45) is 0 Å². The number of hydrogen-bond acceptors (Lipinski definition) is 5. The lowest BCUT2D eigenvalue weighted by molar-refractivity contribution is -0.120. The highest BCUT2D eigenvalue weighted by atomic mass is 35.5. The Balaban J connectivity index is 1.36. The van der Waals surface area contributed by atoms with Crippen LogP contribution in [0.4, 0.5) is 0 Å². The van der Waals surface area contributed by atoms with Crippen molar-refractivity contribution in [3.05, 3.63) is 52.4 Å². The third kappa shape index (κ3) is 5.30. The van der Waals surface area contributed by atoms with Gasteiger partial charge >= 0.3 is 0 Å². The molecule has 1 aromatic carbocycles. The van der Waals surface area contributed by atoms with Crippen molar-refractivity contribution in [2.75, 3.05) is 39.3 Å². The van der Waals surface area contributed by atoms with Gasteiger partial charge in [-0.25, -0.2) is 0 Å². The maximum Gasteiger partial charge on any atom is 0.276 e. The fourth-order valence-electron chi connectivity index (χ4n) is 3.03. The maximum atomic E-state index is 12.3. The molecular weight excluding hydrogens is 368 g/mol. The number of rotatable bonds is 6. The fraction of sp³-hybridized carbons (Fsp3) is 0.421. The number of nitrogens with one attached hydrogen (secondary N) is 1. The average molecular weight is 391 g/mol. The Morgan fingerprint density at radius 2 is 1.96 bits per heavy atom. The van der Waals surface area contributed by atoms with Gasteiger partial charge in [-0.3, -0.25) is 14.5 Å². The summed E-state index contributed by atoms with van der Waals surface area (Å²) < 4.78 is 4.97. The van der Waals surface area contributed by atoms with E-state index in [1.165, 1.54) is 0 Å². The van der Waals surface area contributed by atoms with Crippen molar-refractivity contribution in [1.82, 2.24) is 20.3 Å². The highest BCUT2D eigenvalue weighted by Crippen LogP contribution is 2.15. The van der Waals surface area contributed by atoms with Gasteiger partial charge < -0.3 is 14.7 Å². The molecule has 1 saturated heterocycles. The summed E-state index contributed by atoms with van der Waals surface area (Å²) >= 11 is 6.08. The number of hydrogen-bond donors (Lipinski definition) is 1. The van der Waals surface area contributed by atoms with Crippen molar-refractivity contribution in [3.8, 4) is 0 Å². The number of halogens is 1. The molecule has 0 radical (unpaired) electrons. The van der Waals surface area contributed by atoms with E-state index in [4.69, 9.17) is 16.1 Å². The molecule has 0 atom stereocenters. The number of carbonyl (C=O) groups is 2. The van der Waals surface area contributed by atoms with Gasteiger partial charge in [-0.05, 0) is 18.6 Å². The summed E-state index contributed by atoms with van der Waals surface area (Å²) in [6.45, 7) is 5.89. The number of aromatic nitrogens is 1. The highest BCUT2D eigenvalue weighted by molar-refractivity contribution is 6.31. The van der Waals surface area contributed by atoms with Gasteiger partial charge in [-0.15, -0.1) is 0 Å². The predicted octanol–water partition coefficient (Wildman–Crippen LogP) is 1.75. The smallest absolute Gasteiger partial charge is 0.276 e. The van der Waals surface area contributed by atoms with Gasteiger partial charge in [-0.2, -0.15) is 0 Å². The molecule has 27 heavy (non-hydrogen) atoms. The maximum absolute atomic E-state index is 12.3. The molecular formula is C19H23ClN4O3. The van der Waals surface area contributed by atoms with Crippen LogP contribution in [-0.4, -0.2) is 66.0 Å². The summed E-state index contributed by atoms with van der Waals surface area (Å²) in [6, 6.07) is 9.01. The van der Waals surface area contributed by atoms with Gasteiger partial charge in [0, 0.05) is 50.4 Å². The van der Waals surface area contributed by atoms with Gasteiger partial charge in [0.25, 0.3) is 5.91 Å². The number of carbonyl (C=O) groups excluding carboxylic acids is 2. The second kappa shape index (κ2) is 9.01. The molecule has 1 N–H and O–H groups in total. The van der Waals surface area contributed by atoms with Crippen LogP contribution in [0.25, 0.3) is 0 Å². The predicted molar refractivity (Wildman–Crippen MR) is 102 cm³/mol. The van der Waals surface area contributed by atoms with Crippen LogP contribution >= 0.6 is 11.6 Å². The van der Waals surface area contributed by atoms with E-state index in [9.17, 15) is 9.59 Å². The van der Waals surface area contributed by atoms with Gasteiger partial charge in [-0.1, -0.05) is 35.0 Å². The van der Waals surface area contributed by atoms with Crippen LogP contribution in [0.1, 0.15) is 21.8 Å². The summed E-state index contributed by atoms with van der Waals surface area (Å²) in [5.74, 6) is 0.488. The Bertz CT molecular complexity index is 800. The minimum absolute atomic E-state index is 0.0432. The number of nitrogens with zero attached hydrogens (tertiary/aromatic N) is 3. The molecule has 0 aliphatic carbocycles. The number of benzene rings is 1. The minimum atomic E-state index is -0.0976. The summed E-state index contributed by atoms with van der Waals surface area (Å²) in [5, 5.41) is 7.32. The fourth-order valence-corrected chi connectivity index (χ4v) is 3.24. The van der Waals surface area contributed by atoms with Crippen molar-refractivity contribution >= 4 is 23.4 Å². The lowest BCUT2D eigenvalue weighted by Gasteiger charge is -2.34. The third-order valence-corrected chi connectivity index (χ3v) is 4.93. The minimum Gasteiger partial charge on any atom is -0.361 e. The van der Waals surface area contributed by atoms with Crippen LogP contribution in [0.3, 0.4) is 0 Å². The van der Waals surface area contributed by atoms with E-state index in [0.717, 1.165) is 25.2 Å². The molecule has 1 aliphatic rings. The standard InChI is InChI=1S/C19H23ClN4O3/c1-14-12-17(22-27-14)19(26)24-10-8-23(9-11-24)7-6-21-18(25)13-15-4-2-3-5-16(15)20/h2-5,12H,6-11,13H2,1H3,(H,21,25). The zero-order valence-electron chi connectivity index (χ0n) is 15.3. The molecule has 3 rings (SSSR count). The molecule has 0 unspecified atom stereocenters. The second-order valence-corrected chi connectivity index (χ2v) is 6.98. The Kier molecular flexibility index (Phi) is 6.47. The number of piperazine rings is 1. The van der Waals surface area contributed by atoms with Crippen LogP contribution in [0.2, 0.25) is 5.02 Å². The summed E-state index contributed by atoms with van der Waals surface area (Å²) in [6.07, 6.45) is 0.277. The van der Waals surface area contributed by atoms with Crippen molar-refractivity contribution in [2.45, 2.75) is 13.3 Å². The molecule has 0 spiro atoms. The molecule has 1 aliphatic heterocycles. The van der Waals surface area contributed by atoms with E-state index in [1.807, 2.05) is 18.2 Å². The lowest BCUT2D eigenvalue weighted by atomic mass is 10.1. The van der Waals surface area contributed by atoms with Crippen molar-refractivity contribution in [3.63, 3.8) is 0 Å². The van der Waals surface area contributed by atoms with Crippen LogP contribution in [0.5, 0.6) is 0 Å². The molecule has 7 nitrogen and oxygen atoms in total. The highest BCUT2D eigenvalue weighted by Gasteiger charge is 2.24. The Hall–Kier alpha value is -2.38. The zero-order chi connectivity index (χ0) is 19.2. The molecule has 0 bridgehead atoms. The molecule has 8 heteroatoms. The zero-order valence-corrected chi connectivity index (χ0v) is 16.0. The Morgan fingerprint density at radius 1 is 1.22 bits per heavy atom. The van der Waals surface area contributed by atoms with Gasteiger partial charge in [0.05, 0.1) is 6.42 Å². The molecule has 1 fully saturated rings. The third-order valence-electron chi connectivity index (χ3n) is 4.57. The number of aryl methyl sites for hydroxylation is 1. The molecule has 1 aromatic heterocycles. The average Bonchev–Trinajstić information content (AvgIpc) is 3.10. The van der Waals surface area contributed by atoms with Crippen molar-refractivity contribution in [1.29, 1.82) is 0 Å². The van der Waals surface area contributed by atoms with Gasteiger partial charge in [0.2, 0.25) is 5.91 Å². The first-order valence-electron chi connectivity index (χ1n) is 8.98. The van der Waals surface area contributed by atoms with E-state index in [0.29, 0.717) is 36.1 Å². The molecule has 144 valence electrons. The Labute approximate surface area is 163 Å². The molecule has 2 heterocycles. The van der Waals surface area contributed by atoms with Crippen LogP contribution < -0.4 is 5.32 Å². The summed E-state index contributed by atoms with van der Waals surface area (Å²) in [7, 11) is 0. The van der Waals surface area contributed by atoms with Gasteiger partial charge in [0.15, 0.2) is 5.69 Å². The van der Waals surface area contributed by atoms with E-state index < -0.39 is 0 Å². The van der Waals surface area contributed by atoms with E-state index in [-0.39, 0.29) is 18.2 Å². The van der Waals surface area contributed by atoms with Crippen molar-refractivity contribution < 1.29 is 14.1 Å². The monoisotopic (exact) mass is 390 g/mol.